The van der Waals surface area contributed by atoms with E-state index in [2.05, 4.69) is 5.73 Å². The Morgan fingerprint density at radius 2 is 2.00 bits per heavy atom. The van der Waals surface area contributed by atoms with Crippen LogP contribution in [0.4, 0.5) is 0 Å². The fraction of sp³-hybridized carbons (Fsp3) is 0.625. The molecule has 0 rings (SSSR count). The Kier molecular flexibility index (Phi) is 4.05. The molecular formula is C8H14O2. The van der Waals surface area contributed by atoms with Crippen molar-refractivity contribution >= 4 is 0 Å². The molecule has 2 nitrogen and oxygen atoms in total. The number of hydrogen-bond acceptors (Lipinski definition) is 2. The Bertz CT molecular complexity index is 162. The molecule has 2 N–H and O–H groups in total. The summed E-state index contributed by atoms with van der Waals surface area (Å²) >= 11 is 0. The van der Waals surface area contributed by atoms with Gasteiger partial charge in [-0.1, -0.05) is 0 Å². The minimum absolute atomic E-state index is 0.00403. The summed E-state index contributed by atoms with van der Waals surface area (Å²) in [5.41, 5.74) is 4.37. The van der Waals surface area contributed by atoms with E-state index in [1.807, 2.05) is 0 Å². The monoisotopic (exact) mass is 142 g/mol. The third kappa shape index (κ3) is 3.46. The van der Waals surface area contributed by atoms with Crippen molar-refractivity contribution in [3.05, 3.63) is 16.9 Å². The zero-order valence-electron chi connectivity index (χ0n) is 6.68. The molecule has 0 unspecified atom stereocenters. The lowest BCUT2D eigenvalue weighted by atomic mass is 10.2. The van der Waals surface area contributed by atoms with Crippen LogP contribution in [0.1, 0.15) is 20.8 Å². The summed E-state index contributed by atoms with van der Waals surface area (Å²) < 4.78 is 0. The Balaban J connectivity index is 4.40. The van der Waals surface area contributed by atoms with Gasteiger partial charge in [0.2, 0.25) is 0 Å². The van der Waals surface area contributed by atoms with E-state index in [0.717, 1.165) is 11.1 Å². The van der Waals surface area contributed by atoms with Gasteiger partial charge in [-0.2, -0.15) is 0 Å². The summed E-state index contributed by atoms with van der Waals surface area (Å²) in [6.07, 6.45) is -0.471. The molecule has 2 heteroatoms. The first-order chi connectivity index (χ1) is 4.57. The van der Waals surface area contributed by atoms with Gasteiger partial charge < -0.3 is 10.2 Å². The highest BCUT2D eigenvalue weighted by molar-refractivity contribution is 5.08. The van der Waals surface area contributed by atoms with Crippen LogP contribution in [0.5, 0.6) is 0 Å². The zero-order valence-corrected chi connectivity index (χ0v) is 6.68. The summed E-state index contributed by atoms with van der Waals surface area (Å²) in [5, 5.41) is 17.5. The van der Waals surface area contributed by atoms with Gasteiger partial charge in [0, 0.05) is 0 Å². The Labute approximate surface area is 61.5 Å². The van der Waals surface area contributed by atoms with Crippen LogP contribution in [0.15, 0.2) is 16.9 Å². The van der Waals surface area contributed by atoms with E-state index in [9.17, 15) is 0 Å². The molecule has 0 aromatic carbocycles. The molecule has 0 bridgehead atoms. The summed E-state index contributed by atoms with van der Waals surface area (Å²) in [6.45, 7) is 5.23. The van der Waals surface area contributed by atoms with Crippen LogP contribution >= 0.6 is 0 Å². The molecule has 0 fully saturated rings. The maximum absolute atomic E-state index is 8.97. The molecule has 58 valence electrons. The summed E-state index contributed by atoms with van der Waals surface area (Å²) in [7, 11) is 0. The van der Waals surface area contributed by atoms with Crippen LogP contribution in [0.25, 0.3) is 0 Å². The summed E-state index contributed by atoms with van der Waals surface area (Å²) in [4.78, 5) is 0. The molecule has 0 aromatic heterocycles. The van der Waals surface area contributed by atoms with Gasteiger partial charge in [0.15, 0.2) is 0 Å². The highest BCUT2D eigenvalue weighted by Crippen LogP contribution is 1.99. The first-order valence-electron chi connectivity index (χ1n) is 3.29. The molecule has 0 amide bonds. The van der Waals surface area contributed by atoms with Crippen molar-refractivity contribution in [3.63, 3.8) is 0 Å². The minimum Gasteiger partial charge on any atom is -0.391 e. The Morgan fingerprint density at radius 3 is 2.30 bits per heavy atom. The average Bonchev–Trinajstić information content (AvgIpc) is 1.87. The van der Waals surface area contributed by atoms with E-state index in [1.54, 1.807) is 20.8 Å². The fourth-order valence-electron chi connectivity index (χ4n) is 0.481. The summed E-state index contributed by atoms with van der Waals surface area (Å²) in [5.74, 6) is 0. The van der Waals surface area contributed by atoms with Gasteiger partial charge in [-0.15, -0.1) is 5.73 Å². The van der Waals surface area contributed by atoms with Crippen molar-refractivity contribution in [1.82, 2.24) is 0 Å². The molecule has 1 atom stereocenters. The normalized spacial score (nSPS) is 12.1. The van der Waals surface area contributed by atoms with Crippen molar-refractivity contribution in [2.45, 2.75) is 26.9 Å². The third-order valence-electron chi connectivity index (χ3n) is 1.27. The fourth-order valence-corrected chi connectivity index (χ4v) is 0.481. The van der Waals surface area contributed by atoms with Crippen LogP contribution in [0, 0.1) is 0 Å². The number of aliphatic hydroxyl groups is 2. The second-order valence-electron chi connectivity index (χ2n) is 2.42. The van der Waals surface area contributed by atoms with Gasteiger partial charge in [-0.3, -0.25) is 0 Å². The maximum Gasteiger partial charge on any atom is 0.0792 e. The average molecular weight is 142 g/mol. The lowest BCUT2D eigenvalue weighted by Crippen LogP contribution is -1.99. The minimum atomic E-state index is -0.471. The zero-order chi connectivity index (χ0) is 8.15. The molecule has 0 saturated carbocycles. The highest BCUT2D eigenvalue weighted by atomic mass is 16.3. The molecule has 0 aliphatic heterocycles. The predicted molar refractivity (Wildman–Crippen MR) is 40.7 cm³/mol. The molecule has 0 saturated heterocycles. The highest BCUT2D eigenvalue weighted by Gasteiger charge is 1.95. The Morgan fingerprint density at radius 1 is 1.50 bits per heavy atom. The van der Waals surface area contributed by atoms with Gasteiger partial charge in [0.25, 0.3) is 0 Å². The number of hydrogen-bond donors (Lipinski definition) is 2. The second kappa shape index (κ2) is 4.29. The molecule has 0 aliphatic rings. The van der Waals surface area contributed by atoms with Crippen LogP contribution < -0.4 is 0 Å². The van der Waals surface area contributed by atoms with Gasteiger partial charge >= 0.3 is 0 Å². The van der Waals surface area contributed by atoms with Gasteiger partial charge in [0.1, 0.15) is 0 Å². The number of aliphatic hydroxyl groups excluding tert-OH is 2. The predicted octanol–water partition coefficient (Wildman–Crippen LogP) is 0.851. The molecule has 0 aromatic rings. The largest absolute Gasteiger partial charge is 0.391 e. The van der Waals surface area contributed by atoms with Crippen molar-refractivity contribution in [3.8, 4) is 0 Å². The van der Waals surface area contributed by atoms with Crippen molar-refractivity contribution in [2.24, 2.45) is 0 Å². The lowest BCUT2D eigenvalue weighted by molar-refractivity contribution is 0.231. The van der Waals surface area contributed by atoms with Crippen molar-refractivity contribution < 1.29 is 10.2 Å². The molecule has 0 aliphatic carbocycles. The van der Waals surface area contributed by atoms with Crippen LogP contribution in [-0.4, -0.2) is 22.9 Å². The van der Waals surface area contributed by atoms with Crippen LogP contribution in [0.2, 0.25) is 0 Å². The van der Waals surface area contributed by atoms with E-state index in [4.69, 9.17) is 10.2 Å². The maximum atomic E-state index is 8.97. The third-order valence-corrected chi connectivity index (χ3v) is 1.27. The Hall–Kier alpha value is -0.560. The van der Waals surface area contributed by atoms with E-state index >= 15 is 0 Å². The van der Waals surface area contributed by atoms with Crippen LogP contribution in [-0.2, 0) is 0 Å². The molecule has 10 heavy (non-hydrogen) atoms. The SMILES string of the molecule is CC(=C=C(C)[C@@H](C)O)CO. The van der Waals surface area contributed by atoms with E-state index in [1.165, 1.54) is 0 Å². The smallest absolute Gasteiger partial charge is 0.0792 e. The van der Waals surface area contributed by atoms with Crippen LogP contribution in [0.3, 0.4) is 0 Å². The second-order valence-corrected chi connectivity index (χ2v) is 2.42. The van der Waals surface area contributed by atoms with Crippen molar-refractivity contribution in [1.29, 1.82) is 0 Å². The molecular weight excluding hydrogens is 128 g/mol. The van der Waals surface area contributed by atoms with Crippen molar-refractivity contribution in [2.75, 3.05) is 6.61 Å². The van der Waals surface area contributed by atoms with Gasteiger partial charge in [0.05, 0.1) is 12.7 Å². The van der Waals surface area contributed by atoms with E-state index in [0.29, 0.717) is 0 Å². The quantitative estimate of drug-likeness (QED) is 0.561. The standard InChI is InChI=1S/C8H14O2/c1-6(5-9)4-7(2)8(3)10/h8-10H,5H2,1-3H3/t4?,8-/m1/s1. The molecule has 0 heterocycles. The molecule has 0 spiro atoms. The first-order valence-corrected chi connectivity index (χ1v) is 3.29. The first kappa shape index (κ1) is 9.44. The number of rotatable bonds is 2. The van der Waals surface area contributed by atoms with Gasteiger partial charge in [-0.05, 0) is 31.9 Å². The summed E-state index contributed by atoms with van der Waals surface area (Å²) in [6, 6.07) is 0. The lowest BCUT2D eigenvalue weighted by Gasteiger charge is -1.99. The van der Waals surface area contributed by atoms with E-state index in [-0.39, 0.29) is 6.61 Å². The van der Waals surface area contributed by atoms with Gasteiger partial charge in [-0.25, -0.2) is 0 Å². The molecule has 0 radical (unpaired) electrons. The topological polar surface area (TPSA) is 40.5 Å². The van der Waals surface area contributed by atoms with E-state index < -0.39 is 6.10 Å².